The van der Waals surface area contributed by atoms with Crippen molar-refractivity contribution in [2.75, 3.05) is 0 Å². The lowest BCUT2D eigenvalue weighted by molar-refractivity contribution is -0.123. The maximum Gasteiger partial charge on any atom is 0.135 e. The number of benzene rings is 1. The fourth-order valence-corrected chi connectivity index (χ4v) is 1.40. The number of ketones is 1. The second-order valence-corrected chi connectivity index (χ2v) is 3.84. The smallest absolute Gasteiger partial charge is 0.135 e. The number of aliphatic hydroxyl groups excluding tert-OH is 1. The lowest BCUT2D eigenvalue weighted by atomic mass is 9.94. The van der Waals surface area contributed by atoms with Gasteiger partial charge in [0.05, 0.1) is 6.10 Å². The Hall–Kier alpha value is -0.860. The van der Waals surface area contributed by atoms with Crippen molar-refractivity contribution in [1.29, 1.82) is 0 Å². The van der Waals surface area contributed by atoms with Gasteiger partial charge in [-0.1, -0.05) is 30.7 Å². The highest BCUT2D eigenvalue weighted by Gasteiger charge is 2.20. The van der Waals surface area contributed by atoms with Crippen molar-refractivity contribution in [3.05, 3.63) is 34.9 Å². The van der Waals surface area contributed by atoms with E-state index in [9.17, 15) is 9.90 Å². The van der Waals surface area contributed by atoms with E-state index in [1.807, 2.05) is 0 Å². The first-order chi connectivity index (χ1) is 6.52. The Morgan fingerprint density at radius 3 is 2.64 bits per heavy atom. The first-order valence-corrected chi connectivity index (χ1v) is 4.84. The van der Waals surface area contributed by atoms with Gasteiger partial charge in [0, 0.05) is 10.9 Å². The summed E-state index contributed by atoms with van der Waals surface area (Å²) in [7, 11) is 0. The van der Waals surface area contributed by atoms with Crippen molar-refractivity contribution in [1.82, 2.24) is 0 Å². The zero-order valence-electron chi connectivity index (χ0n) is 8.20. The molecule has 0 radical (unpaired) electrons. The van der Waals surface area contributed by atoms with Crippen LogP contribution in [0.1, 0.15) is 25.5 Å². The van der Waals surface area contributed by atoms with Crippen molar-refractivity contribution in [3.63, 3.8) is 0 Å². The fraction of sp³-hybridized carbons (Fsp3) is 0.364. The Kier molecular flexibility index (Phi) is 3.67. The minimum absolute atomic E-state index is 0.0301. The van der Waals surface area contributed by atoms with Crippen LogP contribution in [-0.4, -0.2) is 10.9 Å². The van der Waals surface area contributed by atoms with E-state index in [1.54, 1.807) is 31.2 Å². The lowest BCUT2D eigenvalue weighted by Crippen LogP contribution is -2.16. The van der Waals surface area contributed by atoms with Crippen molar-refractivity contribution in [2.24, 2.45) is 5.92 Å². The Bertz CT molecular complexity index is 336. The van der Waals surface area contributed by atoms with Crippen LogP contribution >= 0.6 is 11.6 Å². The van der Waals surface area contributed by atoms with Crippen LogP contribution in [0.5, 0.6) is 0 Å². The predicted octanol–water partition coefficient (Wildman–Crippen LogP) is 2.60. The van der Waals surface area contributed by atoms with Crippen LogP contribution in [0.15, 0.2) is 24.3 Å². The van der Waals surface area contributed by atoms with Crippen LogP contribution in [0.3, 0.4) is 0 Å². The summed E-state index contributed by atoms with van der Waals surface area (Å²) in [4.78, 5) is 11.1. The number of carbonyl (C=O) groups is 1. The Balaban J connectivity index is 2.89. The molecular formula is C11H13ClO2. The average molecular weight is 213 g/mol. The minimum atomic E-state index is -0.772. The molecule has 1 aromatic carbocycles. The van der Waals surface area contributed by atoms with Crippen molar-refractivity contribution in [2.45, 2.75) is 20.0 Å². The zero-order chi connectivity index (χ0) is 10.7. The molecule has 0 amide bonds. The molecule has 2 nitrogen and oxygen atoms in total. The summed E-state index contributed by atoms with van der Waals surface area (Å²) in [5, 5.41) is 10.4. The summed E-state index contributed by atoms with van der Waals surface area (Å²) in [6, 6.07) is 6.92. The van der Waals surface area contributed by atoms with Gasteiger partial charge in [-0.15, -0.1) is 0 Å². The summed E-state index contributed by atoms with van der Waals surface area (Å²) < 4.78 is 0. The molecule has 2 unspecified atom stereocenters. The van der Waals surface area contributed by atoms with E-state index < -0.39 is 12.0 Å². The molecule has 14 heavy (non-hydrogen) atoms. The molecule has 1 rings (SSSR count). The summed E-state index contributed by atoms with van der Waals surface area (Å²) in [5.41, 5.74) is 0.681. The Morgan fingerprint density at radius 1 is 1.50 bits per heavy atom. The van der Waals surface area contributed by atoms with E-state index in [2.05, 4.69) is 0 Å². The average Bonchev–Trinajstić information content (AvgIpc) is 2.15. The van der Waals surface area contributed by atoms with E-state index in [-0.39, 0.29) is 5.78 Å². The molecule has 0 saturated heterocycles. The van der Waals surface area contributed by atoms with Crippen LogP contribution in [0.2, 0.25) is 5.02 Å². The molecule has 0 aromatic heterocycles. The number of halogens is 1. The summed E-state index contributed by atoms with van der Waals surface area (Å²) in [5.74, 6) is -0.425. The first-order valence-electron chi connectivity index (χ1n) is 4.46. The summed E-state index contributed by atoms with van der Waals surface area (Å²) in [6.07, 6.45) is -0.772. The maximum atomic E-state index is 11.1. The highest BCUT2D eigenvalue weighted by Crippen LogP contribution is 2.24. The van der Waals surface area contributed by atoms with Crippen LogP contribution in [-0.2, 0) is 4.79 Å². The second kappa shape index (κ2) is 4.58. The monoisotopic (exact) mass is 212 g/mol. The number of carbonyl (C=O) groups excluding carboxylic acids is 1. The third-order valence-electron chi connectivity index (χ3n) is 2.31. The van der Waals surface area contributed by atoms with Gasteiger partial charge in [0.2, 0.25) is 0 Å². The Labute approximate surface area is 88.5 Å². The SMILES string of the molecule is CC(=O)C(C)C(O)c1cccc(Cl)c1. The van der Waals surface area contributed by atoms with Gasteiger partial charge in [0.25, 0.3) is 0 Å². The zero-order valence-corrected chi connectivity index (χ0v) is 8.95. The molecule has 0 aliphatic carbocycles. The second-order valence-electron chi connectivity index (χ2n) is 3.40. The van der Waals surface area contributed by atoms with Gasteiger partial charge in [0.1, 0.15) is 5.78 Å². The molecule has 0 aliphatic heterocycles. The molecule has 1 aromatic rings. The van der Waals surface area contributed by atoms with E-state index >= 15 is 0 Å². The third-order valence-corrected chi connectivity index (χ3v) is 2.54. The van der Waals surface area contributed by atoms with Gasteiger partial charge in [0.15, 0.2) is 0 Å². The standard InChI is InChI=1S/C11H13ClO2/c1-7(8(2)13)11(14)9-4-3-5-10(12)6-9/h3-7,11,14H,1-2H3. The predicted molar refractivity (Wildman–Crippen MR) is 56.3 cm³/mol. The topological polar surface area (TPSA) is 37.3 Å². The van der Waals surface area contributed by atoms with E-state index in [1.165, 1.54) is 6.92 Å². The Morgan fingerprint density at radius 2 is 2.14 bits per heavy atom. The number of Topliss-reactive ketones (excluding diaryl/α,β-unsaturated/α-hetero) is 1. The summed E-state index contributed by atoms with van der Waals surface area (Å²) >= 11 is 5.78. The third kappa shape index (κ3) is 2.56. The molecule has 3 heteroatoms. The molecule has 0 spiro atoms. The first kappa shape index (κ1) is 11.2. The van der Waals surface area contributed by atoms with Crippen molar-refractivity contribution in [3.8, 4) is 0 Å². The van der Waals surface area contributed by atoms with Crippen LogP contribution in [0.25, 0.3) is 0 Å². The molecule has 0 fully saturated rings. The van der Waals surface area contributed by atoms with Gasteiger partial charge in [-0.25, -0.2) is 0 Å². The van der Waals surface area contributed by atoms with E-state index in [0.29, 0.717) is 10.6 Å². The van der Waals surface area contributed by atoms with Crippen molar-refractivity contribution >= 4 is 17.4 Å². The molecule has 0 saturated carbocycles. The van der Waals surface area contributed by atoms with Crippen LogP contribution < -0.4 is 0 Å². The number of hydrogen-bond acceptors (Lipinski definition) is 2. The van der Waals surface area contributed by atoms with Gasteiger partial charge >= 0.3 is 0 Å². The van der Waals surface area contributed by atoms with Crippen molar-refractivity contribution < 1.29 is 9.90 Å². The fourth-order valence-electron chi connectivity index (χ4n) is 1.20. The molecule has 0 heterocycles. The van der Waals surface area contributed by atoms with Crippen LogP contribution in [0, 0.1) is 5.92 Å². The number of rotatable bonds is 3. The van der Waals surface area contributed by atoms with Gasteiger partial charge in [-0.3, -0.25) is 4.79 Å². The lowest BCUT2D eigenvalue weighted by Gasteiger charge is -2.16. The summed E-state index contributed by atoms with van der Waals surface area (Å²) in [6.45, 7) is 3.17. The molecule has 76 valence electrons. The quantitative estimate of drug-likeness (QED) is 0.836. The molecule has 0 bridgehead atoms. The van der Waals surface area contributed by atoms with Gasteiger partial charge < -0.3 is 5.11 Å². The number of hydrogen-bond donors (Lipinski definition) is 1. The van der Waals surface area contributed by atoms with Crippen LogP contribution in [0.4, 0.5) is 0 Å². The van der Waals surface area contributed by atoms with E-state index in [0.717, 1.165) is 0 Å². The normalized spacial score (nSPS) is 14.9. The number of aliphatic hydroxyl groups is 1. The molecule has 0 aliphatic rings. The van der Waals surface area contributed by atoms with Gasteiger partial charge in [-0.05, 0) is 24.6 Å². The van der Waals surface area contributed by atoms with E-state index in [4.69, 9.17) is 11.6 Å². The highest BCUT2D eigenvalue weighted by molar-refractivity contribution is 6.30. The molecule has 1 N–H and O–H groups in total. The molecular weight excluding hydrogens is 200 g/mol. The highest BCUT2D eigenvalue weighted by atomic mass is 35.5. The van der Waals surface area contributed by atoms with Gasteiger partial charge in [-0.2, -0.15) is 0 Å². The largest absolute Gasteiger partial charge is 0.388 e. The maximum absolute atomic E-state index is 11.1. The molecule has 2 atom stereocenters. The minimum Gasteiger partial charge on any atom is -0.388 e.